The lowest BCUT2D eigenvalue weighted by Crippen LogP contribution is -2.27. The third-order valence-corrected chi connectivity index (χ3v) is 4.98. The SMILES string of the molecule is CCOC(=O)c1ccc(NC(=S)NCc2ccc(OCc3ccc(F)cc3)cc2)cc1Cl. The van der Waals surface area contributed by atoms with Crippen LogP contribution in [0.3, 0.4) is 0 Å². The average Bonchev–Trinajstić information content (AvgIpc) is 2.78. The van der Waals surface area contributed by atoms with Gasteiger partial charge in [0.25, 0.3) is 0 Å². The minimum Gasteiger partial charge on any atom is -0.489 e. The first-order valence-electron chi connectivity index (χ1n) is 9.92. The fourth-order valence-electron chi connectivity index (χ4n) is 2.78. The molecule has 0 spiro atoms. The van der Waals surface area contributed by atoms with E-state index in [9.17, 15) is 9.18 Å². The predicted molar refractivity (Wildman–Crippen MR) is 128 cm³/mol. The topological polar surface area (TPSA) is 59.6 Å². The first-order chi connectivity index (χ1) is 15.4. The van der Waals surface area contributed by atoms with Crippen molar-refractivity contribution in [3.8, 4) is 5.75 Å². The number of halogens is 2. The Morgan fingerprint density at radius 1 is 1.03 bits per heavy atom. The van der Waals surface area contributed by atoms with Crippen LogP contribution in [-0.2, 0) is 17.9 Å². The molecule has 0 atom stereocenters. The molecule has 3 aromatic rings. The lowest BCUT2D eigenvalue weighted by molar-refractivity contribution is 0.0526. The molecule has 0 aliphatic carbocycles. The van der Waals surface area contributed by atoms with Crippen LogP contribution < -0.4 is 15.4 Å². The summed E-state index contributed by atoms with van der Waals surface area (Å²) in [5, 5.41) is 6.86. The van der Waals surface area contributed by atoms with Gasteiger partial charge in [-0.2, -0.15) is 0 Å². The van der Waals surface area contributed by atoms with Crippen molar-refractivity contribution in [2.24, 2.45) is 0 Å². The van der Waals surface area contributed by atoms with Crippen molar-refractivity contribution in [1.82, 2.24) is 5.32 Å². The molecule has 0 aliphatic heterocycles. The smallest absolute Gasteiger partial charge is 0.339 e. The van der Waals surface area contributed by atoms with E-state index in [1.807, 2.05) is 24.3 Å². The van der Waals surface area contributed by atoms with Gasteiger partial charge in [0, 0.05) is 12.2 Å². The fourth-order valence-corrected chi connectivity index (χ4v) is 3.22. The summed E-state index contributed by atoms with van der Waals surface area (Å²) in [7, 11) is 0. The zero-order valence-electron chi connectivity index (χ0n) is 17.4. The van der Waals surface area contributed by atoms with E-state index in [0.717, 1.165) is 16.9 Å². The van der Waals surface area contributed by atoms with Crippen molar-refractivity contribution >= 4 is 40.6 Å². The lowest BCUT2D eigenvalue weighted by atomic mass is 10.2. The van der Waals surface area contributed by atoms with E-state index in [1.54, 1.807) is 37.3 Å². The summed E-state index contributed by atoms with van der Waals surface area (Å²) in [4.78, 5) is 11.8. The van der Waals surface area contributed by atoms with E-state index >= 15 is 0 Å². The van der Waals surface area contributed by atoms with E-state index in [2.05, 4.69) is 10.6 Å². The Balaban J connectivity index is 1.46. The molecule has 8 heteroatoms. The molecule has 0 saturated carbocycles. The maximum absolute atomic E-state index is 13.0. The third kappa shape index (κ3) is 6.93. The van der Waals surface area contributed by atoms with Gasteiger partial charge in [0.05, 0.1) is 17.2 Å². The summed E-state index contributed by atoms with van der Waals surface area (Å²) in [5.41, 5.74) is 2.87. The normalized spacial score (nSPS) is 10.3. The third-order valence-electron chi connectivity index (χ3n) is 4.42. The molecule has 166 valence electrons. The number of carbonyl (C=O) groups excluding carboxylic acids is 1. The fraction of sp³-hybridized carbons (Fsp3) is 0.167. The summed E-state index contributed by atoms with van der Waals surface area (Å²) < 4.78 is 23.6. The number of thiocarbonyl (C=S) groups is 1. The zero-order valence-corrected chi connectivity index (χ0v) is 18.9. The molecule has 0 unspecified atom stereocenters. The molecule has 0 radical (unpaired) electrons. The van der Waals surface area contributed by atoms with E-state index in [1.165, 1.54) is 12.1 Å². The number of anilines is 1. The van der Waals surface area contributed by atoms with Crippen LogP contribution in [0.2, 0.25) is 5.02 Å². The summed E-state index contributed by atoms with van der Waals surface area (Å²) >= 11 is 11.5. The van der Waals surface area contributed by atoms with Gasteiger partial charge in [-0.15, -0.1) is 0 Å². The Morgan fingerprint density at radius 3 is 2.38 bits per heavy atom. The standard InChI is InChI=1S/C24H22ClFN2O3S/c1-2-30-23(29)21-12-9-19(13-22(21)25)28-24(32)27-14-16-5-10-20(11-6-16)31-15-17-3-7-18(26)8-4-17/h3-13H,2,14-15H2,1H3,(H2,27,28,32). The molecule has 0 heterocycles. The summed E-state index contributed by atoms with van der Waals surface area (Å²) in [6.07, 6.45) is 0. The van der Waals surface area contributed by atoms with Gasteiger partial charge >= 0.3 is 5.97 Å². The Labute approximate surface area is 196 Å². The van der Waals surface area contributed by atoms with E-state index in [0.29, 0.717) is 29.5 Å². The Kier molecular flexibility index (Phi) is 8.41. The number of ether oxygens (including phenoxy) is 2. The first-order valence-corrected chi connectivity index (χ1v) is 10.7. The Morgan fingerprint density at radius 2 is 1.72 bits per heavy atom. The van der Waals surface area contributed by atoms with Gasteiger partial charge in [-0.3, -0.25) is 0 Å². The Hall–Kier alpha value is -3.16. The van der Waals surface area contributed by atoms with Crippen molar-refractivity contribution in [2.75, 3.05) is 11.9 Å². The average molecular weight is 473 g/mol. The van der Waals surface area contributed by atoms with Crippen LogP contribution >= 0.6 is 23.8 Å². The van der Waals surface area contributed by atoms with Crippen molar-refractivity contribution < 1.29 is 18.7 Å². The second kappa shape index (κ2) is 11.5. The molecule has 5 nitrogen and oxygen atoms in total. The van der Waals surface area contributed by atoms with Crippen molar-refractivity contribution in [1.29, 1.82) is 0 Å². The quantitative estimate of drug-likeness (QED) is 0.323. The number of benzene rings is 3. The molecule has 3 aromatic carbocycles. The molecular formula is C24H22ClFN2O3S. The maximum Gasteiger partial charge on any atom is 0.339 e. The highest BCUT2D eigenvalue weighted by Gasteiger charge is 2.12. The van der Waals surface area contributed by atoms with Gasteiger partial charge in [-0.05, 0) is 72.7 Å². The van der Waals surface area contributed by atoms with Crippen LogP contribution in [0.15, 0.2) is 66.7 Å². The molecule has 0 bridgehead atoms. The second-order valence-corrected chi connectivity index (χ2v) is 7.60. The van der Waals surface area contributed by atoms with Gasteiger partial charge in [0.2, 0.25) is 0 Å². The summed E-state index contributed by atoms with van der Waals surface area (Å²) in [6.45, 7) is 2.90. The Bertz CT molecular complexity index is 1080. The van der Waals surface area contributed by atoms with E-state index < -0.39 is 5.97 Å². The summed E-state index contributed by atoms with van der Waals surface area (Å²) in [6, 6.07) is 18.7. The van der Waals surface area contributed by atoms with Crippen LogP contribution in [0.1, 0.15) is 28.4 Å². The predicted octanol–water partition coefficient (Wildman–Crippen LogP) is 5.72. The molecule has 0 aromatic heterocycles. The van der Waals surface area contributed by atoms with Crippen LogP contribution in [0.5, 0.6) is 5.75 Å². The minimum absolute atomic E-state index is 0.269. The van der Waals surface area contributed by atoms with Crippen LogP contribution in [-0.4, -0.2) is 17.7 Å². The summed E-state index contributed by atoms with van der Waals surface area (Å²) in [5.74, 6) is -0.0141. The van der Waals surface area contributed by atoms with Gasteiger partial charge in [0.15, 0.2) is 5.11 Å². The molecule has 0 saturated heterocycles. The second-order valence-electron chi connectivity index (χ2n) is 6.78. The van der Waals surface area contributed by atoms with Crippen molar-refractivity contribution in [2.45, 2.75) is 20.1 Å². The number of rotatable bonds is 8. The van der Waals surface area contributed by atoms with Gasteiger partial charge in [0.1, 0.15) is 18.2 Å². The minimum atomic E-state index is -0.463. The number of esters is 1. The number of carbonyl (C=O) groups is 1. The largest absolute Gasteiger partial charge is 0.489 e. The molecule has 32 heavy (non-hydrogen) atoms. The van der Waals surface area contributed by atoms with Gasteiger partial charge < -0.3 is 20.1 Å². The number of hydrogen-bond acceptors (Lipinski definition) is 4. The maximum atomic E-state index is 13.0. The number of nitrogens with one attached hydrogen (secondary N) is 2. The highest BCUT2D eigenvalue weighted by Crippen LogP contribution is 2.22. The highest BCUT2D eigenvalue weighted by molar-refractivity contribution is 7.80. The molecule has 2 N–H and O–H groups in total. The van der Waals surface area contributed by atoms with Gasteiger partial charge in [-0.1, -0.05) is 35.9 Å². The molecule has 0 amide bonds. The first kappa shape index (κ1) is 23.5. The van der Waals surface area contributed by atoms with E-state index in [-0.39, 0.29) is 17.4 Å². The molecule has 0 fully saturated rings. The van der Waals surface area contributed by atoms with Crippen LogP contribution in [0.25, 0.3) is 0 Å². The molecule has 3 rings (SSSR count). The van der Waals surface area contributed by atoms with Crippen molar-refractivity contribution in [3.05, 3.63) is 94.3 Å². The van der Waals surface area contributed by atoms with Crippen LogP contribution in [0, 0.1) is 5.82 Å². The zero-order chi connectivity index (χ0) is 22.9. The monoisotopic (exact) mass is 472 g/mol. The molecule has 0 aliphatic rings. The highest BCUT2D eigenvalue weighted by atomic mass is 35.5. The lowest BCUT2D eigenvalue weighted by Gasteiger charge is -2.12. The van der Waals surface area contributed by atoms with Crippen LogP contribution in [0.4, 0.5) is 10.1 Å². The van der Waals surface area contributed by atoms with Gasteiger partial charge in [-0.25, -0.2) is 9.18 Å². The number of hydrogen-bond donors (Lipinski definition) is 2. The van der Waals surface area contributed by atoms with Crippen molar-refractivity contribution in [3.63, 3.8) is 0 Å². The molecular weight excluding hydrogens is 451 g/mol. The van der Waals surface area contributed by atoms with E-state index in [4.69, 9.17) is 33.3 Å².